The van der Waals surface area contributed by atoms with Crippen molar-refractivity contribution in [3.05, 3.63) is 68.5 Å². The predicted molar refractivity (Wildman–Crippen MR) is 105 cm³/mol. The fourth-order valence-corrected chi connectivity index (χ4v) is 3.39. The molecule has 0 spiro atoms. The normalized spacial score (nSPS) is 14.3. The SMILES string of the molecule is CCn1cc(C#N)c(=O)n(CC(=O)N(Cc2ccccc2)C(C)C2CC2)c1=O. The van der Waals surface area contributed by atoms with Crippen molar-refractivity contribution in [3.63, 3.8) is 0 Å². The van der Waals surface area contributed by atoms with Gasteiger partial charge in [-0.2, -0.15) is 5.26 Å². The second-order valence-corrected chi connectivity index (χ2v) is 7.20. The Hall–Kier alpha value is -3.14. The van der Waals surface area contributed by atoms with Gasteiger partial charge in [0.2, 0.25) is 5.91 Å². The molecule has 0 bridgehead atoms. The molecule has 1 aliphatic carbocycles. The number of aromatic nitrogens is 2. The first kappa shape index (κ1) is 19.6. The lowest BCUT2D eigenvalue weighted by Crippen LogP contribution is -2.47. The van der Waals surface area contributed by atoms with Gasteiger partial charge in [-0.05, 0) is 38.2 Å². The molecular weight excluding hydrogens is 356 g/mol. The predicted octanol–water partition coefficient (Wildman–Crippen LogP) is 1.73. The molecule has 1 unspecified atom stereocenters. The van der Waals surface area contributed by atoms with Gasteiger partial charge in [-0.3, -0.25) is 14.2 Å². The van der Waals surface area contributed by atoms with Gasteiger partial charge in [0.05, 0.1) is 0 Å². The third-order valence-electron chi connectivity index (χ3n) is 5.30. The zero-order valence-corrected chi connectivity index (χ0v) is 16.2. The van der Waals surface area contributed by atoms with Crippen LogP contribution in [0.2, 0.25) is 0 Å². The number of amides is 1. The van der Waals surface area contributed by atoms with E-state index in [9.17, 15) is 19.6 Å². The molecule has 1 saturated carbocycles. The molecule has 0 N–H and O–H groups in total. The van der Waals surface area contributed by atoms with E-state index < -0.39 is 11.2 Å². The van der Waals surface area contributed by atoms with E-state index in [-0.39, 0.29) is 24.1 Å². The van der Waals surface area contributed by atoms with Crippen LogP contribution in [-0.4, -0.2) is 26.0 Å². The molecule has 0 saturated heterocycles. The molecule has 1 fully saturated rings. The van der Waals surface area contributed by atoms with Crippen molar-refractivity contribution >= 4 is 5.91 Å². The standard InChI is InChI=1S/C21H24N4O3/c1-3-23-13-18(11-22)20(27)25(21(23)28)14-19(26)24(15(2)17-9-10-17)12-16-7-5-4-6-8-16/h4-8,13,15,17H,3,9-10,12,14H2,1-2H3. The summed E-state index contributed by atoms with van der Waals surface area (Å²) in [5.41, 5.74) is -0.436. The van der Waals surface area contributed by atoms with E-state index in [0.29, 0.717) is 19.0 Å². The molecule has 1 heterocycles. The summed E-state index contributed by atoms with van der Waals surface area (Å²) in [7, 11) is 0. The molecule has 1 aromatic heterocycles. The summed E-state index contributed by atoms with van der Waals surface area (Å²) < 4.78 is 2.15. The lowest BCUT2D eigenvalue weighted by Gasteiger charge is -2.30. The van der Waals surface area contributed by atoms with Crippen LogP contribution in [0.4, 0.5) is 0 Å². The molecule has 0 radical (unpaired) electrons. The number of nitriles is 1. The summed E-state index contributed by atoms with van der Waals surface area (Å²) in [5, 5.41) is 9.19. The first-order valence-corrected chi connectivity index (χ1v) is 9.54. The van der Waals surface area contributed by atoms with Crippen molar-refractivity contribution in [2.45, 2.75) is 52.4 Å². The monoisotopic (exact) mass is 380 g/mol. The molecule has 146 valence electrons. The van der Waals surface area contributed by atoms with Gasteiger partial charge in [-0.25, -0.2) is 9.36 Å². The van der Waals surface area contributed by atoms with Crippen molar-refractivity contribution in [1.29, 1.82) is 5.26 Å². The topological polar surface area (TPSA) is 88.1 Å². The first-order valence-electron chi connectivity index (χ1n) is 9.54. The zero-order chi connectivity index (χ0) is 20.3. The van der Waals surface area contributed by atoms with Crippen LogP contribution in [-0.2, 0) is 24.4 Å². The first-order chi connectivity index (χ1) is 13.5. The van der Waals surface area contributed by atoms with Crippen molar-refractivity contribution in [2.75, 3.05) is 0 Å². The minimum absolute atomic E-state index is 0.0240. The Morgan fingerprint density at radius 1 is 1.29 bits per heavy atom. The second kappa shape index (κ2) is 8.26. The number of aryl methyl sites for hydroxylation is 1. The molecule has 3 rings (SSSR count). The lowest BCUT2D eigenvalue weighted by molar-refractivity contribution is -0.135. The van der Waals surface area contributed by atoms with Gasteiger partial charge < -0.3 is 4.90 Å². The highest BCUT2D eigenvalue weighted by atomic mass is 16.2. The molecule has 2 aromatic rings. The van der Waals surface area contributed by atoms with E-state index in [1.807, 2.05) is 43.3 Å². The molecule has 28 heavy (non-hydrogen) atoms. The minimum atomic E-state index is -0.718. The quantitative estimate of drug-likeness (QED) is 0.732. The fraction of sp³-hybridized carbons (Fsp3) is 0.429. The van der Waals surface area contributed by atoms with Gasteiger partial charge in [0, 0.05) is 25.3 Å². The zero-order valence-electron chi connectivity index (χ0n) is 16.2. The second-order valence-electron chi connectivity index (χ2n) is 7.20. The van der Waals surface area contributed by atoms with Gasteiger partial charge in [0.15, 0.2) is 0 Å². The van der Waals surface area contributed by atoms with Crippen molar-refractivity contribution in [1.82, 2.24) is 14.0 Å². The van der Waals surface area contributed by atoms with Gasteiger partial charge in [-0.1, -0.05) is 30.3 Å². The number of hydrogen-bond acceptors (Lipinski definition) is 4. The van der Waals surface area contributed by atoms with Crippen LogP contribution in [0.25, 0.3) is 0 Å². The average Bonchev–Trinajstić information content (AvgIpc) is 3.55. The molecule has 7 heteroatoms. The third-order valence-corrected chi connectivity index (χ3v) is 5.30. The Labute approximate surface area is 163 Å². The fourth-order valence-electron chi connectivity index (χ4n) is 3.39. The van der Waals surface area contributed by atoms with Crippen LogP contribution in [0.1, 0.15) is 37.8 Å². The van der Waals surface area contributed by atoms with E-state index >= 15 is 0 Å². The van der Waals surface area contributed by atoms with Gasteiger partial charge in [0.1, 0.15) is 18.2 Å². The summed E-state index contributed by atoms with van der Waals surface area (Å²) in [6.07, 6.45) is 3.40. The molecule has 0 aliphatic heterocycles. The average molecular weight is 380 g/mol. The van der Waals surface area contributed by atoms with Crippen LogP contribution in [0.3, 0.4) is 0 Å². The number of hydrogen-bond donors (Lipinski definition) is 0. The summed E-state index contributed by atoms with van der Waals surface area (Å²) in [6.45, 7) is 4.13. The Balaban J connectivity index is 1.93. The molecule has 1 aliphatic rings. The van der Waals surface area contributed by atoms with Gasteiger partial charge in [0.25, 0.3) is 5.56 Å². The van der Waals surface area contributed by atoms with Crippen LogP contribution in [0.5, 0.6) is 0 Å². The van der Waals surface area contributed by atoms with Crippen molar-refractivity contribution in [3.8, 4) is 6.07 Å². The van der Waals surface area contributed by atoms with Crippen molar-refractivity contribution in [2.24, 2.45) is 5.92 Å². The molecule has 1 amide bonds. The third kappa shape index (κ3) is 4.06. The van der Waals surface area contributed by atoms with E-state index in [1.165, 1.54) is 10.8 Å². The molecule has 7 nitrogen and oxygen atoms in total. The van der Waals surface area contributed by atoms with Gasteiger partial charge in [-0.15, -0.1) is 0 Å². The van der Waals surface area contributed by atoms with E-state index in [2.05, 4.69) is 0 Å². The maximum absolute atomic E-state index is 13.1. The highest BCUT2D eigenvalue weighted by molar-refractivity contribution is 5.76. The van der Waals surface area contributed by atoms with Crippen LogP contribution >= 0.6 is 0 Å². The Kier molecular flexibility index (Phi) is 5.78. The van der Waals surface area contributed by atoms with Crippen LogP contribution < -0.4 is 11.2 Å². The number of nitrogens with zero attached hydrogens (tertiary/aromatic N) is 4. The summed E-state index contributed by atoms with van der Waals surface area (Å²) >= 11 is 0. The summed E-state index contributed by atoms with van der Waals surface area (Å²) in [6, 6.07) is 11.5. The van der Waals surface area contributed by atoms with Crippen molar-refractivity contribution < 1.29 is 4.79 Å². The number of carbonyl (C=O) groups excluding carboxylic acids is 1. The highest BCUT2D eigenvalue weighted by Crippen LogP contribution is 2.35. The lowest BCUT2D eigenvalue weighted by atomic mass is 10.1. The number of rotatable bonds is 7. The Morgan fingerprint density at radius 3 is 2.54 bits per heavy atom. The van der Waals surface area contributed by atoms with Crippen LogP contribution in [0, 0.1) is 17.2 Å². The van der Waals surface area contributed by atoms with E-state index in [4.69, 9.17) is 0 Å². The smallest absolute Gasteiger partial charge is 0.331 e. The summed E-state index contributed by atoms with van der Waals surface area (Å²) in [5.74, 6) is 0.155. The summed E-state index contributed by atoms with van der Waals surface area (Å²) in [4.78, 5) is 39.9. The Bertz CT molecular complexity index is 1010. The number of benzene rings is 1. The maximum atomic E-state index is 13.1. The van der Waals surface area contributed by atoms with E-state index in [1.54, 1.807) is 11.8 Å². The molecular formula is C21H24N4O3. The minimum Gasteiger partial charge on any atom is -0.334 e. The molecule has 1 aromatic carbocycles. The highest BCUT2D eigenvalue weighted by Gasteiger charge is 2.34. The van der Waals surface area contributed by atoms with Gasteiger partial charge >= 0.3 is 5.69 Å². The molecule has 1 atom stereocenters. The van der Waals surface area contributed by atoms with Crippen LogP contribution in [0.15, 0.2) is 46.1 Å². The van der Waals surface area contributed by atoms with E-state index in [0.717, 1.165) is 23.0 Å². The Morgan fingerprint density at radius 2 is 1.96 bits per heavy atom. The number of carbonyl (C=O) groups is 1. The largest absolute Gasteiger partial charge is 0.334 e. The maximum Gasteiger partial charge on any atom is 0.331 e.